The average Bonchev–Trinajstić information content (AvgIpc) is 2.24. The highest BCUT2D eigenvalue weighted by Gasteiger charge is 2.13. The molecule has 0 bridgehead atoms. The summed E-state index contributed by atoms with van der Waals surface area (Å²) >= 11 is 3.08. The molecule has 3 nitrogen and oxygen atoms in total. The van der Waals surface area contributed by atoms with Crippen LogP contribution in [-0.4, -0.2) is 11.9 Å². The van der Waals surface area contributed by atoms with Gasteiger partial charge >= 0.3 is 0 Å². The molecule has 0 aliphatic rings. The molecule has 0 unspecified atom stereocenters. The number of rotatable bonds is 3. The summed E-state index contributed by atoms with van der Waals surface area (Å²) in [4.78, 5) is 11.5. The van der Waals surface area contributed by atoms with Crippen molar-refractivity contribution in [3.63, 3.8) is 0 Å². The Hall–Kier alpha value is -0.940. The highest BCUT2D eigenvalue weighted by Crippen LogP contribution is 2.23. The van der Waals surface area contributed by atoms with Crippen LogP contribution in [0.3, 0.4) is 0 Å². The standard InChI is InChI=1S/C11H14BrFN2O/c1-3-9(14)11(16)15-10-5-8(13)7(12)4-6(10)2/h4-5,9H,3,14H2,1-2H3,(H,15,16)/t9-/m1/s1. The van der Waals surface area contributed by atoms with Crippen molar-refractivity contribution >= 4 is 27.5 Å². The molecule has 1 rings (SSSR count). The fourth-order valence-electron chi connectivity index (χ4n) is 1.19. The summed E-state index contributed by atoms with van der Waals surface area (Å²) in [5.74, 6) is -0.710. The van der Waals surface area contributed by atoms with Crippen molar-refractivity contribution < 1.29 is 9.18 Å². The Kier molecular flexibility index (Phi) is 4.44. The minimum absolute atomic E-state index is 0.299. The van der Waals surface area contributed by atoms with Gasteiger partial charge in [0.05, 0.1) is 10.5 Å². The summed E-state index contributed by atoms with van der Waals surface area (Å²) in [5.41, 5.74) is 6.80. The topological polar surface area (TPSA) is 55.1 Å². The monoisotopic (exact) mass is 288 g/mol. The first kappa shape index (κ1) is 13.1. The van der Waals surface area contributed by atoms with Crippen LogP contribution in [-0.2, 0) is 4.79 Å². The Morgan fingerprint density at radius 2 is 2.25 bits per heavy atom. The third kappa shape index (κ3) is 3.02. The molecule has 1 aromatic carbocycles. The molecule has 0 aliphatic carbocycles. The van der Waals surface area contributed by atoms with E-state index < -0.39 is 11.9 Å². The molecule has 0 saturated heterocycles. The number of aryl methyl sites for hydroxylation is 1. The normalized spacial score (nSPS) is 12.3. The lowest BCUT2D eigenvalue weighted by Crippen LogP contribution is -2.35. The Bertz CT molecular complexity index is 409. The average molecular weight is 289 g/mol. The molecular weight excluding hydrogens is 275 g/mol. The minimum atomic E-state index is -0.564. The number of halogens is 2. The summed E-state index contributed by atoms with van der Waals surface area (Å²) in [6.45, 7) is 3.61. The van der Waals surface area contributed by atoms with E-state index in [4.69, 9.17) is 5.73 Å². The summed E-state index contributed by atoms with van der Waals surface area (Å²) in [6.07, 6.45) is 0.546. The van der Waals surface area contributed by atoms with E-state index in [-0.39, 0.29) is 5.91 Å². The lowest BCUT2D eigenvalue weighted by molar-refractivity contribution is -0.117. The summed E-state index contributed by atoms with van der Waals surface area (Å²) < 4.78 is 13.6. The van der Waals surface area contributed by atoms with Gasteiger partial charge in [0, 0.05) is 5.69 Å². The zero-order valence-electron chi connectivity index (χ0n) is 9.18. The van der Waals surface area contributed by atoms with Gasteiger partial charge in [0.15, 0.2) is 0 Å². The van der Waals surface area contributed by atoms with Crippen LogP contribution >= 0.6 is 15.9 Å². The molecule has 1 aromatic rings. The molecule has 0 aromatic heterocycles. The Labute approximate surface area is 102 Å². The molecule has 0 saturated carbocycles. The Morgan fingerprint density at radius 3 is 2.81 bits per heavy atom. The number of amides is 1. The number of nitrogens with one attached hydrogen (secondary N) is 1. The Balaban J connectivity index is 2.90. The number of carbonyl (C=O) groups excluding carboxylic acids is 1. The maximum Gasteiger partial charge on any atom is 0.241 e. The first-order chi connectivity index (χ1) is 7.45. The van der Waals surface area contributed by atoms with E-state index in [0.717, 1.165) is 5.56 Å². The Morgan fingerprint density at radius 1 is 1.62 bits per heavy atom. The lowest BCUT2D eigenvalue weighted by Gasteiger charge is -2.12. The van der Waals surface area contributed by atoms with E-state index in [9.17, 15) is 9.18 Å². The summed E-state index contributed by atoms with van der Waals surface area (Å²) in [5, 5.41) is 2.60. The predicted molar refractivity (Wildman–Crippen MR) is 65.7 cm³/mol. The van der Waals surface area contributed by atoms with E-state index in [1.165, 1.54) is 6.07 Å². The second kappa shape index (κ2) is 5.41. The highest BCUT2D eigenvalue weighted by molar-refractivity contribution is 9.10. The number of benzene rings is 1. The lowest BCUT2D eigenvalue weighted by atomic mass is 10.1. The fraction of sp³-hybridized carbons (Fsp3) is 0.364. The number of nitrogens with two attached hydrogens (primary N) is 1. The van der Waals surface area contributed by atoms with Crippen molar-refractivity contribution in [3.8, 4) is 0 Å². The van der Waals surface area contributed by atoms with E-state index in [0.29, 0.717) is 16.6 Å². The van der Waals surface area contributed by atoms with Crippen molar-refractivity contribution in [3.05, 3.63) is 28.0 Å². The van der Waals surface area contributed by atoms with Crippen molar-refractivity contribution in [1.82, 2.24) is 0 Å². The molecule has 5 heteroatoms. The smallest absolute Gasteiger partial charge is 0.241 e. The van der Waals surface area contributed by atoms with Gasteiger partial charge in [-0.1, -0.05) is 6.92 Å². The first-order valence-electron chi connectivity index (χ1n) is 4.97. The predicted octanol–water partition coefficient (Wildman–Crippen LogP) is 2.57. The van der Waals surface area contributed by atoms with Gasteiger partial charge in [0.2, 0.25) is 5.91 Å². The second-order valence-electron chi connectivity index (χ2n) is 3.59. The van der Waals surface area contributed by atoms with Crippen molar-refractivity contribution in [2.24, 2.45) is 5.73 Å². The second-order valence-corrected chi connectivity index (χ2v) is 4.44. The van der Waals surface area contributed by atoms with Gasteiger partial charge < -0.3 is 11.1 Å². The highest BCUT2D eigenvalue weighted by atomic mass is 79.9. The van der Waals surface area contributed by atoms with Gasteiger partial charge in [0.25, 0.3) is 0 Å². The van der Waals surface area contributed by atoms with E-state index >= 15 is 0 Å². The largest absolute Gasteiger partial charge is 0.324 e. The van der Waals surface area contributed by atoms with Crippen LogP contribution in [0.4, 0.5) is 10.1 Å². The third-order valence-corrected chi connectivity index (χ3v) is 2.91. The third-order valence-electron chi connectivity index (χ3n) is 2.30. The maximum absolute atomic E-state index is 13.3. The van der Waals surface area contributed by atoms with Crippen LogP contribution in [0.15, 0.2) is 16.6 Å². The van der Waals surface area contributed by atoms with Crippen LogP contribution in [0.2, 0.25) is 0 Å². The van der Waals surface area contributed by atoms with Crippen molar-refractivity contribution in [2.45, 2.75) is 26.3 Å². The van der Waals surface area contributed by atoms with Gasteiger partial charge in [-0.05, 0) is 47.0 Å². The molecule has 88 valence electrons. The van der Waals surface area contributed by atoms with Crippen LogP contribution in [0, 0.1) is 12.7 Å². The van der Waals surface area contributed by atoms with Gasteiger partial charge in [-0.25, -0.2) is 4.39 Å². The fourth-order valence-corrected chi connectivity index (χ4v) is 1.65. The molecule has 0 aliphatic heterocycles. The van der Waals surface area contributed by atoms with Gasteiger partial charge in [-0.2, -0.15) is 0 Å². The minimum Gasteiger partial charge on any atom is -0.324 e. The van der Waals surface area contributed by atoms with Crippen LogP contribution in [0.25, 0.3) is 0 Å². The van der Waals surface area contributed by atoms with Gasteiger partial charge in [-0.15, -0.1) is 0 Å². The molecule has 16 heavy (non-hydrogen) atoms. The number of hydrogen-bond donors (Lipinski definition) is 2. The summed E-state index contributed by atoms with van der Waals surface area (Å²) in [7, 11) is 0. The van der Waals surface area contributed by atoms with Gasteiger partial charge in [-0.3, -0.25) is 4.79 Å². The maximum atomic E-state index is 13.3. The first-order valence-corrected chi connectivity index (χ1v) is 5.77. The quantitative estimate of drug-likeness (QED) is 0.898. The van der Waals surface area contributed by atoms with Crippen LogP contribution in [0.5, 0.6) is 0 Å². The summed E-state index contributed by atoms with van der Waals surface area (Å²) in [6, 6.07) is 2.33. The molecule has 0 spiro atoms. The number of carbonyl (C=O) groups is 1. The zero-order valence-corrected chi connectivity index (χ0v) is 10.8. The number of anilines is 1. The van der Waals surface area contributed by atoms with Crippen LogP contribution < -0.4 is 11.1 Å². The van der Waals surface area contributed by atoms with Gasteiger partial charge in [0.1, 0.15) is 5.82 Å². The zero-order chi connectivity index (χ0) is 12.3. The number of hydrogen-bond acceptors (Lipinski definition) is 2. The molecule has 0 heterocycles. The van der Waals surface area contributed by atoms with E-state index in [1.54, 1.807) is 13.0 Å². The molecule has 0 fully saturated rings. The van der Waals surface area contributed by atoms with Crippen molar-refractivity contribution in [1.29, 1.82) is 0 Å². The molecule has 3 N–H and O–H groups in total. The molecule has 1 amide bonds. The van der Waals surface area contributed by atoms with E-state index in [1.807, 2.05) is 6.92 Å². The van der Waals surface area contributed by atoms with Crippen molar-refractivity contribution in [2.75, 3.05) is 5.32 Å². The molecule has 0 radical (unpaired) electrons. The molecular formula is C11H14BrFN2O. The van der Waals surface area contributed by atoms with Crippen LogP contribution in [0.1, 0.15) is 18.9 Å². The molecule has 1 atom stereocenters. The SMILES string of the molecule is CC[C@@H](N)C(=O)Nc1cc(F)c(Br)cc1C. The van der Waals surface area contributed by atoms with E-state index in [2.05, 4.69) is 21.2 Å².